The van der Waals surface area contributed by atoms with Gasteiger partial charge < -0.3 is 14.0 Å². The van der Waals surface area contributed by atoms with E-state index in [2.05, 4.69) is 105 Å². The fraction of sp³-hybridized carbons (Fsp3) is 0.347. The van der Waals surface area contributed by atoms with Crippen molar-refractivity contribution in [2.45, 2.75) is 112 Å². The van der Waals surface area contributed by atoms with Gasteiger partial charge >= 0.3 is 21.1 Å². The van der Waals surface area contributed by atoms with Gasteiger partial charge in [0.15, 0.2) is 0 Å². The Hall–Kier alpha value is -4.67. The van der Waals surface area contributed by atoms with Gasteiger partial charge in [-0.2, -0.15) is 17.2 Å². The summed E-state index contributed by atoms with van der Waals surface area (Å²) in [7, 11) is 0. The van der Waals surface area contributed by atoms with Crippen molar-refractivity contribution in [3.8, 4) is 39.9 Å². The van der Waals surface area contributed by atoms with E-state index in [0.717, 1.165) is 70.4 Å². The molecule has 0 amide bonds. The fourth-order valence-corrected chi connectivity index (χ4v) is 7.60. The van der Waals surface area contributed by atoms with E-state index in [4.69, 9.17) is 19.6 Å². The van der Waals surface area contributed by atoms with Gasteiger partial charge in [0, 0.05) is 40.5 Å². The summed E-state index contributed by atoms with van der Waals surface area (Å²) in [6, 6.07) is 34.3. The molecule has 0 saturated carbocycles. The topological polar surface area (TPSA) is 54.1 Å². The van der Waals surface area contributed by atoms with Crippen LogP contribution in [0.4, 0.5) is 0 Å². The van der Waals surface area contributed by atoms with E-state index in [-0.39, 0.29) is 26.7 Å². The predicted molar refractivity (Wildman–Crippen MR) is 226 cm³/mol. The van der Waals surface area contributed by atoms with Crippen molar-refractivity contribution in [2.24, 2.45) is 0 Å². The molecule has 0 aliphatic heterocycles. The monoisotopic (exact) mass is 925 g/mol. The first-order chi connectivity index (χ1) is 26.5. The number of nitrogens with zero attached hydrogens (tertiary/aromatic N) is 4. The second-order valence-corrected chi connectivity index (χ2v) is 15.8. The zero-order valence-corrected chi connectivity index (χ0v) is 36.4. The van der Waals surface area contributed by atoms with Crippen molar-refractivity contribution in [3.63, 3.8) is 0 Å². The first-order valence-corrected chi connectivity index (χ1v) is 20.0. The molecule has 4 aromatic carbocycles. The number of ether oxygens (including phenoxy) is 2. The smallest absolute Gasteiger partial charge is 0.509 e. The largest absolute Gasteiger partial charge is 2.00 e. The molecule has 0 aliphatic rings. The molecule has 0 aliphatic carbocycles. The Morgan fingerprint density at radius 1 is 0.732 bits per heavy atom. The van der Waals surface area contributed by atoms with Crippen molar-refractivity contribution in [3.05, 3.63) is 125 Å². The van der Waals surface area contributed by atoms with Crippen LogP contribution < -0.4 is 9.47 Å². The average molecular weight is 926 g/mol. The minimum atomic E-state index is -0.332. The van der Waals surface area contributed by atoms with Crippen molar-refractivity contribution in [1.29, 1.82) is 0 Å². The first kappa shape index (κ1) is 41.0. The third-order valence-electron chi connectivity index (χ3n) is 10.4. The average Bonchev–Trinajstić information content (AvgIpc) is 3.68. The zero-order chi connectivity index (χ0) is 38.7. The van der Waals surface area contributed by atoms with Crippen LogP contribution in [0.25, 0.3) is 44.4 Å². The zero-order valence-electron chi connectivity index (χ0n) is 34.2. The minimum Gasteiger partial charge on any atom is -0.509 e. The molecule has 0 fully saturated rings. The molecule has 3 heterocycles. The van der Waals surface area contributed by atoms with Crippen molar-refractivity contribution >= 4 is 21.8 Å². The molecule has 7 aromatic rings. The molecule has 292 valence electrons. The van der Waals surface area contributed by atoms with Crippen LogP contribution in [0.2, 0.25) is 0 Å². The Balaban J connectivity index is 0.00000532. The molecule has 3 aromatic heterocycles. The molecule has 0 saturated heterocycles. The summed E-state index contributed by atoms with van der Waals surface area (Å²) in [5, 5.41) is 7.53. The van der Waals surface area contributed by atoms with E-state index in [1.165, 1.54) is 59.2 Å². The Morgan fingerprint density at radius 2 is 1.48 bits per heavy atom. The van der Waals surface area contributed by atoms with Crippen LogP contribution in [0.5, 0.6) is 17.2 Å². The summed E-state index contributed by atoms with van der Waals surface area (Å²) in [5.74, 6) is 2.73. The van der Waals surface area contributed by atoms with E-state index in [1.54, 1.807) is 6.20 Å². The third-order valence-corrected chi connectivity index (χ3v) is 10.4. The second-order valence-electron chi connectivity index (χ2n) is 15.8. The van der Waals surface area contributed by atoms with Crippen LogP contribution in [-0.4, -0.2) is 24.9 Å². The number of para-hydroxylation sites is 1. The molecule has 7 rings (SSSR count). The number of rotatable bonds is 14. The molecule has 56 heavy (non-hydrogen) atoms. The van der Waals surface area contributed by atoms with E-state index in [0.29, 0.717) is 11.5 Å². The number of benzene rings is 4. The van der Waals surface area contributed by atoms with Crippen LogP contribution >= 0.6 is 0 Å². The number of hydrogen-bond donors (Lipinski definition) is 0. The molecule has 0 spiro atoms. The van der Waals surface area contributed by atoms with Gasteiger partial charge in [-0.1, -0.05) is 81.8 Å². The van der Waals surface area contributed by atoms with Gasteiger partial charge in [0.1, 0.15) is 17.2 Å². The van der Waals surface area contributed by atoms with E-state index >= 15 is 0 Å². The second kappa shape index (κ2) is 17.6. The van der Waals surface area contributed by atoms with Crippen LogP contribution in [0.15, 0.2) is 85.1 Å². The quantitative estimate of drug-likeness (QED) is 0.0805. The molecule has 6 nitrogen and oxygen atoms in total. The number of fused-ring (bicyclic) bond motifs is 3. The molecular weight excluding hydrogens is 872 g/mol. The number of pyridine rings is 1. The molecule has 0 N–H and O–H groups in total. The van der Waals surface area contributed by atoms with Gasteiger partial charge in [0.2, 0.25) is 0 Å². The first-order valence-electron chi connectivity index (χ1n) is 20.0. The SMILES string of the molecule is CCCCCCCc1c(-c2cc(C)c(C)c(C)c2)c(CCC)nn1-c1[c-]c(Oc2[c-]c3c(cc2)c2ccccc2n3-c2cc(OC(C)(C)C)ccn2)ccc1.[Pt+2]. The van der Waals surface area contributed by atoms with Crippen molar-refractivity contribution < 1.29 is 30.5 Å². The van der Waals surface area contributed by atoms with Gasteiger partial charge in [-0.05, 0) is 106 Å². The summed E-state index contributed by atoms with van der Waals surface area (Å²) >= 11 is 0. The molecule has 0 radical (unpaired) electrons. The number of aryl methyl sites for hydroxylation is 3. The Kier molecular flexibility index (Phi) is 12.9. The van der Waals surface area contributed by atoms with Crippen LogP contribution in [0.3, 0.4) is 0 Å². The van der Waals surface area contributed by atoms with E-state index < -0.39 is 0 Å². The van der Waals surface area contributed by atoms with Crippen LogP contribution in [0, 0.1) is 32.9 Å². The van der Waals surface area contributed by atoms with Gasteiger partial charge in [-0.25, -0.2) is 4.98 Å². The van der Waals surface area contributed by atoms with Gasteiger partial charge in [-0.15, -0.1) is 35.7 Å². The maximum absolute atomic E-state index is 6.59. The molecule has 0 unspecified atom stereocenters. The maximum Gasteiger partial charge on any atom is 2.00 e. The van der Waals surface area contributed by atoms with Gasteiger partial charge in [0.05, 0.1) is 5.69 Å². The Labute approximate surface area is 347 Å². The van der Waals surface area contributed by atoms with Gasteiger partial charge in [-0.3, -0.25) is 4.68 Å². The molecule has 0 bridgehead atoms. The number of aromatic nitrogens is 4. The predicted octanol–water partition coefficient (Wildman–Crippen LogP) is 13.0. The summed E-state index contributed by atoms with van der Waals surface area (Å²) in [5.41, 5.74) is 11.4. The molecule has 7 heteroatoms. The van der Waals surface area contributed by atoms with Crippen molar-refractivity contribution in [1.82, 2.24) is 19.3 Å². The van der Waals surface area contributed by atoms with Crippen LogP contribution in [-0.2, 0) is 33.9 Å². The maximum atomic E-state index is 6.59. The van der Waals surface area contributed by atoms with Crippen molar-refractivity contribution in [2.75, 3.05) is 0 Å². The summed E-state index contributed by atoms with van der Waals surface area (Å²) < 4.78 is 17.1. The van der Waals surface area contributed by atoms with E-state index in [9.17, 15) is 0 Å². The number of hydrogen-bond acceptors (Lipinski definition) is 4. The fourth-order valence-electron chi connectivity index (χ4n) is 7.60. The normalized spacial score (nSPS) is 11.6. The van der Waals surface area contributed by atoms with E-state index in [1.807, 2.05) is 51.1 Å². The van der Waals surface area contributed by atoms with Crippen LogP contribution in [0.1, 0.15) is 101 Å². The molecule has 0 atom stereocenters. The Bertz CT molecular complexity index is 2430. The Morgan fingerprint density at radius 3 is 2.23 bits per heavy atom. The molecular formula is C49H54N4O2Pt. The van der Waals surface area contributed by atoms with Gasteiger partial charge in [0.25, 0.3) is 0 Å². The standard InChI is InChI=1S/C49H54N4O2.Pt/c1-9-11-12-13-14-23-45-48(36-28-33(3)35(5)34(4)29-36)43(18-10-2)51-53(45)37-19-17-20-38(30-37)54-39-24-25-42-41-21-15-16-22-44(41)52(46(42)31-39)47-32-40(26-27-50-47)55-49(6,7)8;/h15-17,19-22,24-29,32H,9-14,18,23H2,1-8H3;/q-2;+2. The minimum absolute atomic E-state index is 0. The number of unbranched alkanes of at least 4 members (excludes halogenated alkanes) is 4. The summed E-state index contributed by atoms with van der Waals surface area (Å²) in [6.45, 7) is 17.3. The summed E-state index contributed by atoms with van der Waals surface area (Å²) in [6.07, 6.45) is 10.8. The summed E-state index contributed by atoms with van der Waals surface area (Å²) in [4.78, 5) is 4.78. The third kappa shape index (κ3) is 8.81.